The molecule has 1 N–H and O–H groups in total. The highest BCUT2D eigenvalue weighted by molar-refractivity contribution is 5.75. The molecule has 1 aromatic carbocycles. The lowest BCUT2D eigenvalue weighted by Crippen LogP contribution is -2.32. The van der Waals surface area contributed by atoms with Crippen molar-refractivity contribution >= 4 is 5.97 Å². The molecule has 0 saturated heterocycles. The van der Waals surface area contributed by atoms with E-state index in [2.05, 4.69) is 12.2 Å². The molecule has 0 saturated carbocycles. The van der Waals surface area contributed by atoms with Crippen molar-refractivity contribution < 1.29 is 19.0 Å². The molecule has 21 heavy (non-hydrogen) atoms. The van der Waals surface area contributed by atoms with Crippen molar-refractivity contribution in [3.63, 3.8) is 0 Å². The van der Waals surface area contributed by atoms with Gasteiger partial charge < -0.3 is 19.5 Å². The zero-order valence-corrected chi connectivity index (χ0v) is 13.1. The van der Waals surface area contributed by atoms with Crippen LogP contribution in [0.25, 0.3) is 0 Å². The fourth-order valence-corrected chi connectivity index (χ4v) is 2.29. The first-order valence-corrected chi connectivity index (χ1v) is 7.19. The number of carbonyl (C=O) groups excluding carboxylic acids is 1. The van der Waals surface area contributed by atoms with Gasteiger partial charge in [-0.15, -0.1) is 0 Å². The van der Waals surface area contributed by atoms with Gasteiger partial charge in [0.05, 0.1) is 18.6 Å². The van der Waals surface area contributed by atoms with E-state index in [1.807, 2.05) is 18.2 Å². The molecule has 0 aliphatic carbocycles. The predicted molar refractivity (Wildman–Crippen MR) is 79.6 cm³/mol. The Balaban J connectivity index is 2.02. The minimum Gasteiger partial charge on any atom is -0.492 e. The zero-order chi connectivity index (χ0) is 15.5. The van der Waals surface area contributed by atoms with Crippen LogP contribution in [0.2, 0.25) is 0 Å². The van der Waals surface area contributed by atoms with Crippen molar-refractivity contribution in [2.24, 2.45) is 5.41 Å². The highest BCUT2D eigenvalue weighted by Gasteiger charge is 2.30. The molecule has 1 unspecified atom stereocenters. The van der Waals surface area contributed by atoms with E-state index < -0.39 is 5.41 Å². The average Bonchev–Trinajstić information content (AvgIpc) is 2.87. The van der Waals surface area contributed by atoms with Gasteiger partial charge in [0.25, 0.3) is 0 Å². The van der Waals surface area contributed by atoms with E-state index in [1.165, 1.54) is 7.11 Å². The molecule has 1 aromatic rings. The van der Waals surface area contributed by atoms with E-state index in [0.717, 1.165) is 17.9 Å². The molecule has 5 heteroatoms. The van der Waals surface area contributed by atoms with E-state index in [9.17, 15) is 4.79 Å². The summed E-state index contributed by atoms with van der Waals surface area (Å²) in [4.78, 5) is 11.6. The second-order valence-electron chi connectivity index (χ2n) is 5.79. The largest absolute Gasteiger partial charge is 0.492 e. The smallest absolute Gasteiger partial charge is 0.314 e. The summed E-state index contributed by atoms with van der Waals surface area (Å²) in [5.74, 6) is 1.25. The SMILES string of the molecule is CCNC1COc2cc(OCC(C)(C)C(=O)OC)ccc21. The second-order valence-corrected chi connectivity index (χ2v) is 5.79. The summed E-state index contributed by atoms with van der Waals surface area (Å²) in [6.45, 7) is 7.46. The van der Waals surface area contributed by atoms with Crippen LogP contribution in [-0.2, 0) is 9.53 Å². The first-order valence-electron chi connectivity index (χ1n) is 7.19. The first kappa shape index (κ1) is 15.6. The summed E-state index contributed by atoms with van der Waals surface area (Å²) in [7, 11) is 1.38. The van der Waals surface area contributed by atoms with Crippen molar-refractivity contribution in [2.45, 2.75) is 26.8 Å². The maximum absolute atomic E-state index is 11.6. The van der Waals surface area contributed by atoms with Gasteiger partial charge in [-0.25, -0.2) is 0 Å². The maximum Gasteiger partial charge on any atom is 0.314 e. The van der Waals surface area contributed by atoms with Crippen LogP contribution in [0.15, 0.2) is 18.2 Å². The van der Waals surface area contributed by atoms with Gasteiger partial charge in [0, 0.05) is 11.6 Å². The minimum absolute atomic E-state index is 0.241. The lowest BCUT2D eigenvalue weighted by atomic mass is 9.95. The molecule has 1 aliphatic rings. The van der Waals surface area contributed by atoms with E-state index in [4.69, 9.17) is 14.2 Å². The Labute approximate surface area is 125 Å². The third-order valence-corrected chi connectivity index (χ3v) is 3.55. The van der Waals surface area contributed by atoms with Crippen LogP contribution in [0.1, 0.15) is 32.4 Å². The third kappa shape index (κ3) is 3.47. The highest BCUT2D eigenvalue weighted by Crippen LogP contribution is 2.35. The van der Waals surface area contributed by atoms with Gasteiger partial charge in [0.15, 0.2) is 0 Å². The van der Waals surface area contributed by atoms with Gasteiger partial charge in [-0.05, 0) is 32.5 Å². The first-order chi connectivity index (χ1) is 9.97. The number of hydrogen-bond acceptors (Lipinski definition) is 5. The lowest BCUT2D eigenvalue weighted by molar-refractivity contribution is -0.152. The van der Waals surface area contributed by atoms with Gasteiger partial charge in [0.2, 0.25) is 0 Å². The van der Waals surface area contributed by atoms with Crippen LogP contribution < -0.4 is 14.8 Å². The van der Waals surface area contributed by atoms with Crippen LogP contribution in [0.5, 0.6) is 11.5 Å². The molecule has 0 aromatic heterocycles. The number of ether oxygens (including phenoxy) is 3. The monoisotopic (exact) mass is 293 g/mol. The van der Waals surface area contributed by atoms with Gasteiger partial charge in [-0.2, -0.15) is 0 Å². The highest BCUT2D eigenvalue weighted by atomic mass is 16.5. The molecule has 0 spiro atoms. The van der Waals surface area contributed by atoms with Gasteiger partial charge in [-0.3, -0.25) is 4.79 Å². The van der Waals surface area contributed by atoms with E-state index in [-0.39, 0.29) is 18.6 Å². The summed E-state index contributed by atoms with van der Waals surface area (Å²) in [5.41, 5.74) is 0.470. The molecule has 2 rings (SSSR count). The molecule has 0 amide bonds. The van der Waals surface area contributed by atoms with Crippen molar-refractivity contribution in [1.29, 1.82) is 0 Å². The van der Waals surface area contributed by atoms with Gasteiger partial charge >= 0.3 is 5.97 Å². The van der Waals surface area contributed by atoms with E-state index in [1.54, 1.807) is 13.8 Å². The molecular formula is C16H23NO4. The molecule has 1 aliphatic heterocycles. The lowest BCUT2D eigenvalue weighted by Gasteiger charge is -2.21. The minimum atomic E-state index is -0.680. The van der Waals surface area contributed by atoms with Crippen LogP contribution in [0.3, 0.4) is 0 Å². The van der Waals surface area contributed by atoms with Crippen LogP contribution >= 0.6 is 0 Å². The van der Waals surface area contributed by atoms with Crippen LogP contribution in [0.4, 0.5) is 0 Å². The molecule has 0 fully saturated rings. The number of esters is 1. The Kier molecular flexibility index (Phi) is 4.73. The summed E-state index contributed by atoms with van der Waals surface area (Å²) in [6.07, 6.45) is 0. The number of benzene rings is 1. The Morgan fingerprint density at radius 3 is 2.90 bits per heavy atom. The molecule has 0 bridgehead atoms. The Hall–Kier alpha value is -1.75. The number of methoxy groups -OCH3 is 1. The zero-order valence-electron chi connectivity index (χ0n) is 13.1. The maximum atomic E-state index is 11.6. The number of nitrogens with one attached hydrogen (secondary N) is 1. The Morgan fingerprint density at radius 2 is 2.24 bits per heavy atom. The fourth-order valence-electron chi connectivity index (χ4n) is 2.29. The summed E-state index contributed by atoms with van der Waals surface area (Å²) >= 11 is 0. The molecule has 5 nitrogen and oxygen atoms in total. The van der Waals surface area contributed by atoms with Crippen molar-refractivity contribution in [1.82, 2.24) is 5.32 Å². The van der Waals surface area contributed by atoms with Crippen molar-refractivity contribution in [3.8, 4) is 11.5 Å². The van der Waals surface area contributed by atoms with Crippen LogP contribution in [0, 0.1) is 5.41 Å². The van der Waals surface area contributed by atoms with E-state index >= 15 is 0 Å². The predicted octanol–water partition coefficient (Wildman–Crippen LogP) is 2.31. The number of likely N-dealkylation sites (N-methyl/N-ethyl adjacent to an activating group) is 1. The molecule has 1 atom stereocenters. The van der Waals surface area contributed by atoms with Crippen LogP contribution in [-0.4, -0.2) is 32.8 Å². The van der Waals surface area contributed by atoms with Gasteiger partial charge in [0.1, 0.15) is 24.7 Å². The number of carbonyl (C=O) groups is 1. The number of hydrogen-bond donors (Lipinski definition) is 1. The second kappa shape index (κ2) is 6.35. The Morgan fingerprint density at radius 1 is 1.48 bits per heavy atom. The average molecular weight is 293 g/mol. The normalized spacial score (nSPS) is 17.0. The van der Waals surface area contributed by atoms with E-state index in [0.29, 0.717) is 12.4 Å². The fraction of sp³-hybridized carbons (Fsp3) is 0.562. The number of fused-ring (bicyclic) bond motifs is 1. The third-order valence-electron chi connectivity index (χ3n) is 3.55. The summed E-state index contributed by atoms with van der Waals surface area (Å²) < 4.78 is 16.2. The molecule has 0 radical (unpaired) electrons. The van der Waals surface area contributed by atoms with Crippen molar-refractivity contribution in [3.05, 3.63) is 23.8 Å². The molecule has 1 heterocycles. The summed E-state index contributed by atoms with van der Waals surface area (Å²) in [6, 6.07) is 6.03. The Bertz CT molecular complexity index is 513. The number of rotatable bonds is 6. The quantitative estimate of drug-likeness (QED) is 0.816. The summed E-state index contributed by atoms with van der Waals surface area (Å²) in [5, 5.41) is 3.37. The van der Waals surface area contributed by atoms with Gasteiger partial charge in [-0.1, -0.05) is 6.92 Å². The molecule has 116 valence electrons. The topological polar surface area (TPSA) is 56.8 Å². The standard InChI is InChI=1S/C16H23NO4/c1-5-17-13-9-20-14-8-11(6-7-12(13)14)21-10-16(2,3)15(18)19-4/h6-8,13,17H,5,9-10H2,1-4H3. The molecular weight excluding hydrogens is 270 g/mol. The van der Waals surface area contributed by atoms with Crippen molar-refractivity contribution in [2.75, 3.05) is 26.9 Å².